The zero-order chi connectivity index (χ0) is 33.2. The smallest absolute Gasteiger partial charge is 0.412 e. The van der Waals surface area contributed by atoms with E-state index < -0.39 is 27.4 Å². The number of hydrogen-bond donors (Lipinski definition) is 1. The molecule has 4 rings (SSSR count). The molecule has 1 aliphatic rings. The maximum absolute atomic E-state index is 12.7. The van der Waals surface area contributed by atoms with Crippen LogP contribution in [0.3, 0.4) is 0 Å². The van der Waals surface area contributed by atoms with E-state index >= 15 is 0 Å². The van der Waals surface area contributed by atoms with Gasteiger partial charge in [-0.25, -0.2) is 4.79 Å². The molecule has 3 aromatic carbocycles. The van der Waals surface area contributed by atoms with Crippen LogP contribution >= 0.6 is 0 Å². The number of hydrogen-bond acceptors (Lipinski definition) is 9. The first-order valence-electron chi connectivity index (χ1n) is 14.7. The van der Waals surface area contributed by atoms with Crippen LogP contribution in [0.4, 0.5) is 16.2 Å². The van der Waals surface area contributed by atoms with Gasteiger partial charge in [0.15, 0.2) is 0 Å². The third-order valence-corrected chi connectivity index (χ3v) is 7.32. The van der Waals surface area contributed by atoms with E-state index in [-0.39, 0.29) is 31.6 Å². The third kappa shape index (κ3) is 9.45. The number of benzene rings is 3. The predicted molar refractivity (Wildman–Crippen MR) is 174 cm³/mol. The first kappa shape index (κ1) is 33.8. The Morgan fingerprint density at radius 2 is 1.49 bits per heavy atom. The second kappa shape index (κ2) is 13.1. The van der Waals surface area contributed by atoms with Crippen LogP contribution in [-0.2, 0) is 35.0 Å². The number of esters is 1. The molecule has 0 saturated heterocycles. The molecule has 1 unspecified atom stereocenters. The Kier molecular flexibility index (Phi) is 9.84. The van der Waals surface area contributed by atoms with Gasteiger partial charge >= 0.3 is 12.1 Å². The molecule has 0 aromatic heterocycles. The first-order valence-corrected chi connectivity index (χ1v) is 16.5. The van der Waals surface area contributed by atoms with E-state index in [4.69, 9.17) is 18.4 Å². The summed E-state index contributed by atoms with van der Waals surface area (Å²) in [7, 11) is -1.56. The second-order valence-electron chi connectivity index (χ2n) is 13.0. The first-order chi connectivity index (χ1) is 20.9. The molecule has 11 heteroatoms. The Bertz CT molecular complexity index is 1650. The van der Waals surface area contributed by atoms with Gasteiger partial charge in [-0.05, 0) is 88.1 Å². The molecule has 3 aromatic rings. The van der Waals surface area contributed by atoms with Gasteiger partial charge in [-0.1, -0.05) is 36.4 Å². The molecule has 0 saturated carbocycles. The molecule has 0 spiro atoms. The summed E-state index contributed by atoms with van der Waals surface area (Å²) >= 11 is 0. The normalized spacial score (nSPS) is 14.7. The summed E-state index contributed by atoms with van der Waals surface area (Å²) in [5, 5.41) is 2.83. The van der Waals surface area contributed by atoms with Crippen molar-refractivity contribution in [2.75, 3.05) is 36.7 Å². The van der Waals surface area contributed by atoms with Crippen molar-refractivity contribution >= 4 is 33.6 Å². The van der Waals surface area contributed by atoms with Gasteiger partial charge < -0.3 is 19.1 Å². The van der Waals surface area contributed by atoms with Crippen LogP contribution in [0.2, 0.25) is 0 Å². The molecule has 45 heavy (non-hydrogen) atoms. The molecule has 1 N–H and O–H groups in total. The van der Waals surface area contributed by atoms with Gasteiger partial charge in [-0.15, -0.1) is 0 Å². The zero-order valence-electron chi connectivity index (χ0n) is 27.1. The van der Waals surface area contributed by atoms with E-state index in [1.54, 1.807) is 0 Å². The van der Waals surface area contributed by atoms with Crippen molar-refractivity contribution in [3.8, 4) is 16.9 Å². The molecular formula is C34H42N2O8S. The summed E-state index contributed by atoms with van der Waals surface area (Å²) in [6.45, 7) is 11.0. The van der Waals surface area contributed by atoms with Crippen molar-refractivity contribution in [1.29, 1.82) is 0 Å². The molecule has 242 valence electrons. The fourth-order valence-corrected chi connectivity index (χ4v) is 5.50. The SMILES string of the molecule is CN1c2cc(NC(=O)OC(C)(C)C)ccc2-c2ccc(CC(=O)OC(C)(C)C)cc2C1c1ccc(OCCOS(C)(=O)=O)cc1. The molecule has 0 radical (unpaired) electrons. The Morgan fingerprint density at radius 3 is 2.11 bits per heavy atom. The Balaban J connectivity index is 1.68. The molecule has 1 amide bonds. The van der Waals surface area contributed by atoms with Gasteiger partial charge in [0, 0.05) is 24.0 Å². The molecule has 1 aliphatic heterocycles. The molecule has 1 heterocycles. The molecule has 0 fully saturated rings. The zero-order valence-corrected chi connectivity index (χ0v) is 27.9. The monoisotopic (exact) mass is 638 g/mol. The highest BCUT2D eigenvalue weighted by Crippen LogP contribution is 2.47. The second-order valence-corrected chi connectivity index (χ2v) is 14.6. The van der Waals surface area contributed by atoms with Crippen molar-refractivity contribution in [3.63, 3.8) is 0 Å². The van der Waals surface area contributed by atoms with Gasteiger partial charge in [-0.2, -0.15) is 8.42 Å². The van der Waals surface area contributed by atoms with E-state index in [0.29, 0.717) is 11.4 Å². The number of anilines is 2. The maximum atomic E-state index is 12.7. The highest BCUT2D eigenvalue weighted by Gasteiger charge is 2.31. The maximum Gasteiger partial charge on any atom is 0.412 e. The lowest BCUT2D eigenvalue weighted by atomic mass is 9.84. The van der Waals surface area contributed by atoms with Gasteiger partial charge in [0.2, 0.25) is 0 Å². The third-order valence-electron chi connectivity index (χ3n) is 6.72. The van der Waals surface area contributed by atoms with E-state index in [1.807, 2.05) is 109 Å². The van der Waals surface area contributed by atoms with Crippen LogP contribution in [0, 0.1) is 0 Å². The number of rotatable bonds is 9. The summed E-state index contributed by atoms with van der Waals surface area (Å²) in [5.74, 6) is 0.264. The fourth-order valence-electron chi connectivity index (χ4n) is 5.13. The largest absolute Gasteiger partial charge is 0.491 e. The molecular weight excluding hydrogens is 596 g/mol. The summed E-state index contributed by atoms with van der Waals surface area (Å²) in [5.41, 5.74) is 5.07. The topological polar surface area (TPSA) is 120 Å². The molecule has 10 nitrogen and oxygen atoms in total. The number of amides is 1. The summed E-state index contributed by atoms with van der Waals surface area (Å²) < 4.78 is 43.9. The quantitative estimate of drug-likeness (QED) is 0.160. The fraction of sp³-hybridized carbons (Fsp3) is 0.412. The Morgan fingerprint density at radius 1 is 0.844 bits per heavy atom. The number of carbonyl (C=O) groups is 2. The highest BCUT2D eigenvalue weighted by atomic mass is 32.2. The van der Waals surface area contributed by atoms with Gasteiger partial charge in [0.25, 0.3) is 10.1 Å². The van der Waals surface area contributed by atoms with Crippen molar-refractivity contribution in [2.24, 2.45) is 0 Å². The standard InChI is InChI=1S/C34H42N2O8S/c1-33(2,3)43-30(37)20-22-9-15-26-27-16-12-24(35-32(38)44-34(4,5)6)21-29(27)36(7)31(28(26)19-22)23-10-13-25(14-11-23)41-17-18-42-45(8,39)40/h9-16,19,21,31H,17-18,20H2,1-8H3,(H,35,38). The number of nitrogens with one attached hydrogen (secondary N) is 1. The molecule has 1 atom stereocenters. The lowest BCUT2D eigenvalue weighted by Gasteiger charge is -2.38. The predicted octanol–water partition coefficient (Wildman–Crippen LogP) is 6.48. The minimum absolute atomic E-state index is 0.0768. The van der Waals surface area contributed by atoms with E-state index in [0.717, 1.165) is 39.8 Å². The van der Waals surface area contributed by atoms with Crippen molar-refractivity contribution in [1.82, 2.24) is 0 Å². The average Bonchev–Trinajstić information content (AvgIpc) is 2.89. The minimum Gasteiger partial charge on any atom is -0.491 e. The van der Waals surface area contributed by atoms with Crippen molar-refractivity contribution < 1.29 is 36.4 Å². The number of carbonyl (C=O) groups excluding carboxylic acids is 2. The summed E-state index contributed by atoms with van der Waals surface area (Å²) in [6, 6.07) is 19.0. The van der Waals surface area contributed by atoms with E-state index in [9.17, 15) is 18.0 Å². The molecule has 0 aliphatic carbocycles. The number of nitrogens with zero attached hydrogens (tertiary/aromatic N) is 1. The number of ether oxygens (including phenoxy) is 3. The van der Waals surface area contributed by atoms with Crippen LogP contribution in [0.1, 0.15) is 64.3 Å². The van der Waals surface area contributed by atoms with E-state index in [2.05, 4.69) is 10.2 Å². The van der Waals surface area contributed by atoms with Crippen LogP contribution in [0.15, 0.2) is 60.7 Å². The van der Waals surface area contributed by atoms with Gasteiger partial charge in [0.05, 0.1) is 18.7 Å². The Labute approximate surface area is 265 Å². The summed E-state index contributed by atoms with van der Waals surface area (Å²) in [6.07, 6.45) is 0.588. The lowest BCUT2D eigenvalue weighted by molar-refractivity contribution is -0.153. The van der Waals surface area contributed by atoms with E-state index in [1.165, 1.54) is 0 Å². The molecule has 0 bridgehead atoms. The summed E-state index contributed by atoms with van der Waals surface area (Å²) in [4.78, 5) is 27.3. The Hall–Kier alpha value is -4.09. The minimum atomic E-state index is -3.54. The van der Waals surface area contributed by atoms with Gasteiger partial charge in [-0.3, -0.25) is 14.3 Å². The average molecular weight is 639 g/mol. The highest BCUT2D eigenvalue weighted by molar-refractivity contribution is 7.85. The van der Waals surface area contributed by atoms with Crippen LogP contribution < -0.4 is 15.0 Å². The van der Waals surface area contributed by atoms with Crippen LogP contribution in [-0.4, -0.2) is 58.2 Å². The van der Waals surface area contributed by atoms with Crippen LogP contribution in [0.25, 0.3) is 11.1 Å². The van der Waals surface area contributed by atoms with Crippen LogP contribution in [0.5, 0.6) is 5.75 Å². The van der Waals surface area contributed by atoms with Crippen molar-refractivity contribution in [3.05, 3.63) is 77.4 Å². The van der Waals surface area contributed by atoms with Crippen molar-refractivity contribution in [2.45, 2.75) is 65.2 Å². The number of fused-ring (bicyclic) bond motifs is 3. The van der Waals surface area contributed by atoms with Gasteiger partial charge in [0.1, 0.15) is 30.2 Å². The lowest BCUT2D eigenvalue weighted by Crippen LogP contribution is -2.30.